The maximum atomic E-state index is 12.9. The molecule has 3 aromatic carbocycles. The number of nitrogens with zero attached hydrogens (tertiary/aromatic N) is 2. The highest BCUT2D eigenvalue weighted by Gasteiger charge is 2.25. The number of benzene rings is 3. The van der Waals surface area contributed by atoms with Gasteiger partial charge in [0, 0.05) is 47.7 Å². The van der Waals surface area contributed by atoms with Crippen molar-refractivity contribution in [2.24, 2.45) is 0 Å². The first-order chi connectivity index (χ1) is 15.6. The van der Waals surface area contributed by atoms with Gasteiger partial charge < -0.3 is 15.1 Å². The van der Waals surface area contributed by atoms with E-state index in [1.165, 1.54) is 5.56 Å². The molecule has 2 heterocycles. The van der Waals surface area contributed by atoms with E-state index in [2.05, 4.69) is 11.4 Å². The Hall–Kier alpha value is -3.93. The fraction of sp³-hybridized carbons (Fsp3) is 0.192. The van der Waals surface area contributed by atoms with Crippen LogP contribution in [0, 0.1) is 0 Å². The molecule has 32 heavy (non-hydrogen) atoms. The maximum Gasteiger partial charge on any atom is 0.258 e. The minimum atomic E-state index is -0.239. The summed E-state index contributed by atoms with van der Waals surface area (Å²) in [5, 5.41) is 2.86. The minimum absolute atomic E-state index is 0.0418. The van der Waals surface area contributed by atoms with E-state index in [-0.39, 0.29) is 17.7 Å². The largest absolute Gasteiger partial charge is 0.322 e. The zero-order valence-corrected chi connectivity index (χ0v) is 17.6. The van der Waals surface area contributed by atoms with E-state index in [0.29, 0.717) is 29.8 Å². The standard InChI is InChI=1S/C26H23N3O3/c30-24-6-3-16-28(24)22-13-9-19(10-14-22)25(31)27-21-11-7-20(8-12-21)26(32)29-17-15-18-4-1-2-5-23(18)29/h1-2,4-5,7-14H,3,6,15-17H2,(H,27,31). The van der Waals surface area contributed by atoms with Gasteiger partial charge in [-0.3, -0.25) is 14.4 Å². The zero-order chi connectivity index (χ0) is 22.1. The van der Waals surface area contributed by atoms with E-state index in [1.807, 2.05) is 18.2 Å². The average molecular weight is 425 g/mol. The van der Waals surface area contributed by atoms with E-state index in [1.54, 1.807) is 58.3 Å². The number of carbonyl (C=O) groups is 3. The van der Waals surface area contributed by atoms with E-state index < -0.39 is 0 Å². The predicted octanol–water partition coefficient (Wildman–Crippen LogP) is 4.27. The number of amides is 3. The fourth-order valence-corrected chi connectivity index (χ4v) is 4.32. The molecule has 1 fully saturated rings. The molecule has 6 heteroatoms. The van der Waals surface area contributed by atoms with Crippen LogP contribution in [0.25, 0.3) is 0 Å². The molecule has 2 aliphatic heterocycles. The van der Waals surface area contributed by atoms with Crippen molar-refractivity contribution in [1.29, 1.82) is 0 Å². The number of fused-ring (bicyclic) bond motifs is 1. The summed E-state index contributed by atoms with van der Waals surface area (Å²) in [6.45, 7) is 1.40. The highest BCUT2D eigenvalue weighted by atomic mass is 16.2. The van der Waals surface area contributed by atoms with Crippen LogP contribution in [0.5, 0.6) is 0 Å². The number of hydrogen-bond acceptors (Lipinski definition) is 3. The first-order valence-corrected chi connectivity index (χ1v) is 10.8. The first kappa shape index (κ1) is 20.0. The van der Waals surface area contributed by atoms with Crippen molar-refractivity contribution in [2.45, 2.75) is 19.3 Å². The molecule has 0 saturated carbocycles. The lowest BCUT2D eigenvalue weighted by Crippen LogP contribution is -2.28. The van der Waals surface area contributed by atoms with Crippen LogP contribution in [-0.4, -0.2) is 30.8 Å². The van der Waals surface area contributed by atoms with Crippen LogP contribution in [0.1, 0.15) is 39.1 Å². The van der Waals surface area contributed by atoms with Gasteiger partial charge in [-0.15, -0.1) is 0 Å². The molecule has 0 unspecified atom stereocenters. The molecular weight excluding hydrogens is 402 g/mol. The SMILES string of the molecule is O=C(Nc1ccc(C(=O)N2CCc3ccccc32)cc1)c1ccc(N2CCCC2=O)cc1. The van der Waals surface area contributed by atoms with Gasteiger partial charge in [0.2, 0.25) is 5.91 Å². The summed E-state index contributed by atoms with van der Waals surface area (Å²) in [7, 11) is 0. The summed E-state index contributed by atoms with van der Waals surface area (Å²) in [6.07, 6.45) is 2.30. The highest BCUT2D eigenvalue weighted by Crippen LogP contribution is 2.29. The quantitative estimate of drug-likeness (QED) is 0.679. The third-order valence-corrected chi connectivity index (χ3v) is 6.04. The van der Waals surface area contributed by atoms with E-state index >= 15 is 0 Å². The second-order valence-corrected chi connectivity index (χ2v) is 8.06. The third-order valence-electron chi connectivity index (χ3n) is 6.04. The molecule has 160 valence electrons. The van der Waals surface area contributed by atoms with Crippen molar-refractivity contribution < 1.29 is 14.4 Å². The Labute approximate surface area is 186 Å². The molecule has 0 aliphatic carbocycles. The Bertz CT molecular complexity index is 1190. The molecule has 5 rings (SSSR count). The normalized spacial score (nSPS) is 15.1. The molecule has 0 spiro atoms. The van der Waals surface area contributed by atoms with E-state index in [0.717, 1.165) is 30.8 Å². The second kappa shape index (κ2) is 8.30. The van der Waals surface area contributed by atoms with Gasteiger partial charge in [0.1, 0.15) is 0 Å². The van der Waals surface area contributed by atoms with Gasteiger partial charge in [-0.25, -0.2) is 0 Å². The molecule has 1 saturated heterocycles. The molecule has 2 aliphatic rings. The lowest BCUT2D eigenvalue weighted by atomic mass is 10.1. The molecule has 3 aromatic rings. The average Bonchev–Trinajstić information content (AvgIpc) is 3.45. The number of carbonyl (C=O) groups excluding carboxylic acids is 3. The lowest BCUT2D eigenvalue weighted by molar-refractivity contribution is -0.117. The number of rotatable bonds is 4. The van der Waals surface area contributed by atoms with E-state index in [4.69, 9.17) is 0 Å². The molecule has 0 aromatic heterocycles. The van der Waals surface area contributed by atoms with Crippen molar-refractivity contribution in [2.75, 3.05) is 28.2 Å². The molecule has 6 nitrogen and oxygen atoms in total. The van der Waals surface area contributed by atoms with Crippen LogP contribution < -0.4 is 15.1 Å². The zero-order valence-electron chi connectivity index (χ0n) is 17.6. The number of para-hydroxylation sites is 1. The van der Waals surface area contributed by atoms with Crippen molar-refractivity contribution >= 4 is 34.8 Å². The van der Waals surface area contributed by atoms with Crippen LogP contribution in [-0.2, 0) is 11.2 Å². The molecular formula is C26H23N3O3. The van der Waals surface area contributed by atoms with Crippen LogP contribution in [0.4, 0.5) is 17.1 Å². The monoisotopic (exact) mass is 425 g/mol. The summed E-state index contributed by atoms with van der Waals surface area (Å²) in [5.41, 5.74) is 4.68. The molecule has 0 radical (unpaired) electrons. The predicted molar refractivity (Wildman–Crippen MR) is 124 cm³/mol. The molecule has 3 amide bonds. The van der Waals surface area contributed by atoms with Gasteiger partial charge in [-0.2, -0.15) is 0 Å². The summed E-state index contributed by atoms with van der Waals surface area (Å²) in [4.78, 5) is 41.0. The van der Waals surface area contributed by atoms with Gasteiger partial charge in [0.25, 0.3) is 11.8 Å². The minimum Gasteiger partial charge on any atom is -0.322 e. The summed E-state index contributed by atoms with van der Waals surface area (Å²) in [6, 6.07) is 22.0. The smallest absolute Gasteiger partial charge is 0.258 e. The number of nitrogens with one attached hydrogen (secondary N) is 1. The van der Waals surface area contributed by atoms with Crippen molar-refractivity contribution in [3.63, 3.8) is 0 Å². The van der Waals surface area contributed by atoms with Crippen LogP contribution in [0.15, 0.2) is 72.8 Å². The van der Waals surface area contributed by atoms with Crippen molar-refractivity contribution in [3.8, 4) is 0 Å². The Morgan fingerprint density at radius 2 is 1.50 bits per heavy atom. The van der Waals surface area contributed by atoms with Crippen LogP contribution >= 0.6 is 0 Å². The molecule has 1 N–H and O–H groups in total. The van der Waals surface area contributed by atoms with Gasteiger partial charge in [0.05, 0.1) is 0 Å². The third kappa shape index (κ3) is 3.75. The number of anilines is 3. The van der Waals surface area contributed by atoms with Crippen LogP contribution in [0.3, 0.4) is 0 Å². The second-order valence-electron chi connectivity index (χ2n) is 8.06. The Kier molecular flexibility index (Phi) is 5.19. The highest BCUT2D eigenvalue weighted by molar-refractivity contribution is 6.08. The van der Waals surface area contributed by atoms with Gasteiger partial charge in [0.15, 0.2) is 0 Å². The van der Waals surface area contributed by atoms with E-state index in [9.17, 15) is 14.4 Å². The summed E-state index contributed by atoms with van der Waals surface area (Å²) >= 11 is 0. The van der Waals surface area contributed by atoms with Gasteiger partial charge in [-0.05, 0) is 73.0 Å². The number of hydrogen-bond donors (Lipinski definition) is 1. The van der Waals surface area contributed by atoms with Gasteiger partial charge >= 0.3 is 0 Å². The summed E-state index contributed by atoms with van der Waals surface area (Å²) in [5.74, 6) is -0.161. The lowest BCUT2D eigenvalue weighted by Gasteiger charge is -2.17. The molecule has 0 bridgehead atoms. The fourth-order valence-electron chi connectivity index (χ4n) is 4.32. The maximum absolute atomic E-state index is 12.9. The Balaban J connectivity index is 1.24. The van der Waals surface area contributed by atoms with Crippen molar-refractivity contribution in [1.82, 2.24) is 0 Å². The van der Waals surface area contributed by atoms with Crippen LogP contribution in [0.2, 0.25) is 0 Å². The molecule has 0 atom stereocenters. The van der Waals surface area contributed by atoms with Gasteiger partial charge in [-0.1, -0.05) is 18.2 Å². The Morgan fingerprint density at radius 1 is 0.781 bits per heavy atom. The first-order valence-electron chi connectivity index (χ1n) is 10.8. The topological polar surface area (TPSA) is 69.7 Å². The Morgan fingerprint density at radius 3 is 2.22 bits per heavy atom. The summed E-state index contributed by atoms with van der Waals surface area (Å²) < 4.78 is 0. The van der Waals surface area contributed by atoms with Crippen molar-refractivity contribution in [3.05, 3.63) is 89.5 Å².